The Hall–Kier alpha value is -4.13. The fourth-order valence-electron chi connectivity index (χ4n) is 2.64. The molecule has 13 heteroatoms. The molecule has 0 saturated heterocycles. The number of hydrogen-bond acceptors (Lipinski definition) is 9. The second-order valence-electron chi connectivity index (χ2n) is 8.43. The molecule has 0 aliphatic heterocycles. The number of hydrazone groups is 1. The van der Waals surface area contributed by atoms with Crippen molar-refractivity contribution in [2.24, 2.45) is 10.5 Å². The topological polar surface area (TPSA) is 173 Å². The minimum atomic E-state index is -4.62. The summed E-state index contributed by atoms with van der Waals surface area (Å²) in [6.45, 7) is 3.54. The SMILES string of the molecule is CC(C)(C)C(=O)CN(C=NN(C=O)CC(=O)c1ccccc1)S(=O)(=O)c1cc([N+](=O)[O-])ccc1N. The average Bonchev–Trinajstić information content (AvgIpc) is 2.80. The van der Waals surface area contributed by atoms with Gasteiger partial charge in [0.15, 0.2) is 11.6 Å². The van der Waals surface area contributed by atoms with Crippen LogP contribution in [0, 0.1) is 15.5 Å². The van der Waals surface area contributed by atoms with Crippen LogP contribution in [0.4, 0.5) is 11.4 Å². The van der Waals surface area contributed by atoms with E-state index in [1.165, 1.54) is 0 Å². The molecule has 0 bridgehead atoms. The molecule has 0 aliphatic rings. The van der Waals surface area contributed by atoms with Gasteiger partial charge in [-0.2, -0.15) is 5.10 Å². The number of nitrogens with two attached hydrogens (primary N) is 1. The third kappa shape index (κ3) is 6.93. The van der Waals surface area contributed by atoms with Crippen LogP contribution in [0.15, 0.2) is 58.5 Å². The first kappa shape index (κ1) is 27.1. The Morgan fingerprint density at radius 1 is 1.11 bits per heavy atom. The third-order valence-corrected chi connectivity index (χ3v) is 6.53. The Balaban J connectivity index is 2.45. The largest absolute Gasteiger partial charge is 0.398 e. The monoisotopic (exact) mass is 503 g/mol. The molecule has 0 aliphatic carbocycles. The maximum absolute atomic E-state index is 13.3. The summed E-state index contributed by atoms with van der Waals surface area (Å²) >= 11 is 0. The zero-order valence-electron chi connectivity index (χ0n) is 19.3. The highest BCUT2D eigenvalue weighted by Gasteiger charge is 2.32. The highest BCUT2D eigenvalue weighted by molar-refractivity contribution is 7.89. The molecular formula is C22H25N5O7S. The molecular weight excluding hydrogens is 478 g/mol. The number of benzene rings is 2. The normalized spacial score (nSPS) is 11.7. The number of nitrogens with zero attached hydrogens (tertiary/aromatic N) is 4. The molecule has 0 atom stereocenters. The number of nitrogen functional groups attached to an aromatic ring is 1. The van der Waals surface area contributed by atoms with Crippen molar-refractivity contribution in [3.8, 4) is 0 Å². The molecule has 1 amide bonds. The lowest BCUT2D eigenvalue weighted by Gasteiger charge is -2.24. The molecule has 0 radical (unpaired) electrons. The van der Waals surface area contributed by atoms with Gasteiger partial charge in [0, 0.05) is 23.1 Å². The number of sulfonamides is 1. The number of Topliss-reactive ketones (excluding diaryl/α,β-unsaturated/α-hetero) is 2. The summed E-state index contributed by atoms with van der Waals surface area (Å²) in [7, 11) is -4.62. The lowest BCUT2D eigenvalue weighted by Crippen LogP contribution is -2.40. The zero-order chi connectivity index (χ0) is 26.4. The van der Waals surface area contributed by atoms with Crippen molar-refractivity contribution in [1.82, 2.24) is 9.31 Å². The van der Waals surface area contributed by atoms with E-state index >= 15 is 0 Å². The van der Waals surface area contributed by atoms with Gasteiger partial charge in [0.1, 0.15) is 17.8 Å². The van der Waals surface area contributed by atoms with Gasteiger partial charge in [0.05, 0.1) is 17.2 Å². The van der Waals surface area contributed by atoms with Crippen LogP contribution in [0.1, 0.15) is 31.1 Å². The van der Waals surface area contributed by atoms with Crippen LogP contribution >= 0.6 is 0 Å². The van der Waals surface area contributed by atoms with Crippen LogP contribution < -0.4 is 5.73 Å². The van der Waals surface area contributed by atoms with Gasteiger partial charge in [-0.3, -0.25) is 24.5 Å². The molecule has 2 rings (SSSR count). The summed E-state index contributed by atoms with van der Waals surface area (Å²) in [5, 5.41) is 15.6. The first-order chi connectivity index (χ1) is 16.3. The molecule has 0 saturated carbocycles. The summed E-state index contributed by atoms with van der Waals surface area (Å²) in [5.41, 5.74) is 4.33. The minimum absolute atomic E-state index is 0.218. The summed E-state index contributed by atoms with van der Waals surface area (Å²) in [6, 6.07) is 10.9. The zero-order valence-corrected chi connectivity index (χ0v) is 20.1. The van der Waals surface area contributed by atoms with E-state index in [1.54, 1.807) is 51.1 Å². The predicted octanol–water partition coefficient (Wildman–Crippen LogP) is 2.07. The van der Waals surface area contributed by atoms with Gasteiger partial charge in [-0.05, 0) is 6.07 Å². The Kier molecular flexibility index (Phi) is 8.42. The van der Waals surface area contributed by atoms with E-state index in [1.807, 2.05) is 0 Å². The molecule has 0 aromatic heterocycles. The highest BCUT2D eigenvalue weighted by atomic mass is 32.2. The van der Waals surface area contributed by atoms with Gasteiger partial charge in [-0.1, -0.05) is 51.1 Å². The predicted molar refractivity (Wildman–Crippen MR) is 128 cm³/mol. The van der Waals surface area contributed by atoms with E-state index in [4.69, 9.17) is 5.73 Å². The number of non-ortho nitro benzene ring substituents is 1. The van der Waals surface area contributed by atoms with Gasteiger partial charge in [-0.25, -0.2) is 17.7 Å². The van der Waals surface area contributed by atoms with Crippen molar-refractivity contribution in [3.05, 3.63) is 64.2 Å². The summed E-state index contributed by atoms with van der Waals surface area (Å²) in [6.07, 6.45) is 0.916. The van der Waals surface area contributed by atoms with E-state index in [9.17, 15) is 32.9 Å². The van der Waals surface area contributed by atoms with Crippen LogP contribution in [-0.4, -0.2) is 60.1 Å². The number of anilines is 1. The smallest absolute Gasteiger partial charge is 0.270 e. The molecule has 0 spiro atoms. The average molecular weight is 504 g/mol. The molecule has 35 heavy (non-hydrogen) atoms. The van der Waals surface area contributed by atoms with Crippen molar-refractivity contribution in [1.29, 1.82) is 0 Å². The second-order valence-corrected chi connectivity index (χ2v) is 10.3. The lowest BCUT2D eigenvalue weighted by atomic mass is 9.91. The fourth-order valence-corrected chi connectivity index (χ4v) is 3.99. The molecule has 2 aromatic carbocycles. The van der Waals surface area contributed by atoms with Gasteiger partial charge in [0.2, 0.25) is 6.41 Å². The minimum Gasteiger partial charge on any atom is -0.398 e. The molecule has 0 fully saturated rings. The number of nitro groups is 1. The molecule has 2 N–H and O–H groups in total. The number of nitro benzene ring substituents is 1. The third-order valence-electron chi connectivity index (χ3n) is 4.78. The molecule has 12 nitrogen and oxygen atoms in total. The van der Waals surface area contributed by atoms with Crippen LogP contribution in [0.2, 0.25) is 0 Å². The van der Waals surface area contributed by atoms with Crippen molar-refractivity contribution >= 4 is 45.7 Å². The number of ketones is 2. The Morgan fingerprint density at radius 3 is 2.29 bits per heavy atom. The lowest BCUT2D eigenvalue weighted by molar-refractivity contribution is -0.385. The maximum atomic E-state index is 13.3. The van der Waals surface area contributed by atoms with Crippen LogP contribution in [0.5, 0.6) is 0 Å². The Labute approximate surface area is 202 Å². The number of hydrogen-bond donors (Lipinski definition) is 1. The van der Waals surface area contributed by atoms with Gasteiger partial charge in [0.25, 0.3) is 15.7 Å². The number of rotatable bonds is 11. The van der Waals surface area contributed by atoms with E-state index in [-0.39, 0.29) is 12.1 Å². The van der Waals surface area contributed by atoms with Gasteiger partial charge >= 0.3 is 0 Å². The standard InChI is InChI=1S/C22H25N5O7S/c1-22(2,3)21(30)13-26(35(33,34)20-11-17(27(31)32)9-10-18(20)23)14-24-25(15-28)12-19(29)16-7-5-4-6-8-16/h4-11,14-15H,12-13,23H2,1-3H3. The molecule has 0 heterocycles. The number of carbonyl (C=O) groups excluding carboxylic acids is 3. The Bertz CT molecular complexity index is 1250. The number of amides is 1. The molecule has 0 unspecified atom stereocenters. The van der Waals surface area contributed by atoms with Crippen molar-refractivity contribution in [3.63, 3.8) is 0 Å². The summed E-state index contributed by atoms with van der Waals surface area (Å²) < 4.78 is 27.2. The van der Waals surface area contributed by atoms with E-state index in [0.29, 0.717) is 21.2 Å². The van der Waals surface area contributed by atoms with E-state index in [0.717, 1.165) is 18.2 Å². The van der Waals surface area contributed by atoms with Crippen molar-refractivity contribution in [2.45, 2.75) is 25.7 Å². The summed E-state index contributed by atoms with van der Waals surface area (Å²) in [4.78, 5) is 46.3. The van der Waals surface area contributed by atoms with Crippen LogP contribution in [0.3, 0.4) is 0 Å². The maximum Gasteiger partial charge on any atom is 0.270 e. The first-order valence-electron chi connectivity index (χ1n) is 10.2. The van der Waals surface area contributed by atoms with Crippen molar-refractivity contribution in [2.75, 3.05) is 18.8 Å². The van der Waals surface area contributed by atoms with Crippen LogP contribution in [0.25, 0.3) is 0 Å². The van der Waals surface area contributed by atoms with Gasteiger partial charge < -0.3 is 5.73 Å². The van der Waals surface area contributed by atoms with Crippen LogP contribution in [-0.2, 0) is 19.6 Å². The summed E-state index contributed by atoms with van der Waals surface area (Å²) in [5.74, 6) is -0.965. The highest BCUT2D eigenvalue weighted by Crippen LogP contribution is 2.27. The fraction of sp³-hybridized carbons (Fsp3) is 0.273. The van der Waals surface area contributed by atoms with Crippen molar-refractivity contribution < 1.29 is 27.7 Å². The van der Waals surface area contributed by atoms with Gasteiger partial charge in [-0.15, -0.1) is 0 Å². The second kappa shape index (κ2) is 10.9. The molecule has 186 valence electrons. The van der Waals surface area contributed by atoms with E-state index in [2.05, 4.69) is 5.10 Å². The van der Waals surface area contributed by atoms with E-state index < -0.39 is 55.6 Å². The number of carbonyl (C=O) groups is 3. The quantitative estimate of drug-likeness (QED) is 0.0922. The first-order valence-corrected chi connectivity index (χ1v) is 11.6. The molecule has 2 aromatic rings. The Morgan fingerprint density at radius 2 is 1.74 bits per heavy atom.